The van der Waals surface area contributed by atoms with Crippen LogP contribution in [0.5, 0.6) is 0 Å². The van der Waals surface area contributed by atoms with Gasteiger partial charge in [0.2, 0.25) is 0 Å². The van der Waals surface area contributed by atoms with Gasteiger partial charge in [-0.3, -0.25) is 9.69 Å². The number of aryl methyl sites for hydroxylation is 1. The zero-order chi connectivity index (χ0) is 29.4. The summed E-state index contributed by atoms with van der Waals surface area (Å²) in [4.78, 5) is 40.1. The molecule has 2 N–H and O–H groups in total. The number of aliphatic hydroxyl groups excluding tert-OH is 1. The smallest absolute Gasteiger partial charge is 0.414 e. The van der Waals surface area contributed by atoms with Gasteiger partial charge in [-0.25, -0.2) is 14.8 Å². The molecular weight excluding hydrogens is 550 g/mol. The fourth-order valence-electron chi connectivity index (χ4n) is 6.36. The molecule has 1 unspecified atom stereocenters. The molecule has 2 aromatic heterocycles. The second kappa shape index (κ2) is 11.9. The van der Waals surface area contributed by atoms with Gasteiger partial charge in [0.05, 0.1) is 18.7 Å². The Balaban J connectivity index is 1.20. The highest BCUT2D eigenvalue weighted by molar-refractivity contribution is 7.19. The molecule has 0 radical (unpaired) electrons. The van der Waals surface area contributed by atoms with Crippen LogP contribution in [-0.4, -0.2) is 70.9 Å². The first-order chi connectivity index (χ1) is 20.1. The number of carbonyl (C=O) groups excluding carboxylic acids is 2. The highest BCUT2D eigenvalue weighted by atomic mass is 32.1. The molecule has 2 amide bonds. The highest BCUT2D eigenvalue weighted by Crippen LogP contribution is 2.38. The highest BCUT2D eigenvalue weighted by Gasteiger charge is 2.30. The van der Waals surface area contributed by atoms with Gasteiger partial charge in [0.25, 0.3) is 5.91 Å². The summed E-state index contributed by atoms with van der Waals surface area (Å²) in [7, 11) is 0. The molecule has 3 aliphatic rings. The Morgan fingerprint density at radius 1 is 1.14 bits per heavy atom. The molecule has 2 saturated heterocycles. The molecule has 4 heterocycles. The number of benzene rings is 1. The quantitative estimate of drug-likeness (QED) is 0.393. The molecule has 0 saturated carbocycles. The Bertz CT molecular complexity index is 1440. The Kier molecular flexibility index (Phi) is 8.22. The number of aliphatic hydroxyl groups is 1. The average Bonchev–Trinajstić information content (AvgIpc) is 3.59. The van der Waals surface area contributed by atoms with Crippen LogP contribution in [0.2, 0.25) is 0 Å². The van der Waals surface area contributed by atoms with Gasteiger partial charge in [0.1, 0.15) is 17.0 Å². The van der Waals surface area contributed by atoms with Crippen LogP contribution in [0.1, 0.15) is 79.1 Å². The lowest BCUT2D eigenvalue weighted by Crippen LogP contribution is -2.38. The SMILES string of the molecule is CC(C)(C)[C@H]1CCc2nc3sc(C(=O)NC(CCN4CCC(O)CC4)c4ccc(N5CCOC5=O)cc4)nc3cc2C1. The van der Waals surface area contributed by atoms with Crippen molar-refractivity contribution in [1.82, 2.24) is 20.2 Å². The summed E-state index contributed by atoms with van der Waals surface area (Å²) in [5.74, 6) is 0.409. The molecule has 3 aromatic rings. The maximum absolute atomic E-state index is 13.6. The zero-order valence-corrected chi connectivity index (χ0v) is 25.6. The van der Waals surface area contributed by atoms with E-state index in [0.29, 0.717) is 24.1 Å². The van der Waals surface area contributed by atoms with Gasteiger partial charge in [-0.2, -0.15) is 0 Å². The van der Waals surface area contributed by atoms with Gasteiger partial charge in [-0.05, 0) is 79.2 Å². The minimum Gasteiger partial charge on any atom is -0.447 e. The molecule has 2 fully saturated rings. The van der Waals surface area contributed by atoms with Crippen LogP contribution in [0.4, 0.5) is 10.5 Å². The summed E-state index contributed by atoms with van der Waals surface area (Å²) in [6.45, 7) is 10.3. The largest absolute Gasteiger partial charge is 0.447 e. The summed E-state index contributed by atoms with van der Waals surface area (Å²) in [6, 6.07) is 9.69. The van der Waals surface area contributed by atoms with Crippen molar-refractivity contribution in [3.05, 3.63) is 52.2 Å². The van der Waals surface area contributed by atoms with E-state index in [1.807, 2.05) is 24.3 Å². The number of nitrogens with zero attached hydrogens (tertiary/aromatic N) is 4. The van der Waals surface area contributed by atoms with E-state index in [4.69, 9.17) is 14.7 Å². The lowest BCUT2D eigenvalue weighted by molar-refractivity contribution is 0.0795. The lowest BCUT2D eigenvalue weighted by atomic mass is 9.71. The molecule has 9 nitrogen and oxygen atoms in total. The first kappa shape index (κ1) is 29.0. The van der Waals surface area contributed by atoms with Gasteiger partial charge >= 0.3 is 6.09 Å². The molecule has 224 valence electrons. The molecule has 6 rings (SSSR count). The third kappa shape index (κ3) is 6.31. The van der Waals surface area contributed by atoms with E-state index in [1.54, 1.807) is 4.90 Å². The minimum atomic E-state index is -0.333. The molecule has 42 heavy (non-hydrogen) atoms. The molecular formula is C32H41N5O4S. The van der Waals surface area contributed by atoms with E-state index in [1.165, 1.54) is 16.9 Å². The van der Waals surface area contributed by atoms with Gasteiger partial charge in [-0.15, -0.1) is 0 Å². The Morgan fingerprint density at radius 2 is 1.90 bits per heavy atom. The van der Waals surface area contributed by atoms with Crippen molar-refractivity contribution < 1.29 is 19.4 Å². The summed E-state index contributed by atoms with van der Waals surface area (Å²) in [6.07, 6.45) is 4.82. The maximum Gasteiger partial charge on any atom is 0.414 e. The second-order valence-corrected chi connectivity index (χ2v) is 14.0. The summed E-state index contributed by atoms with van der Waals surface area (Å²) in [5.41, 5.74) is 5.20. The van der Waals surface area contributed by atoms with Crippen molar-refractivity contribution in [3.8, 4) is 0 Å². The normalized spacial score (nSPS) is 20.9. The van der Waals surface area contributed by atoms with Gasteiger partial charge in [-0.1, -0.05) is 44.2 Å². The second-order valence-electron chi connectivity index (χ2n) is 13.0. The number of amides is 2. The molecule has 2 atom stereocenters. The van der Waals surface area contributed by atoms with Crippen LogP contribution in [0.25, 0.3) is 10.3 Å². The van der Waals surface area contributed by atoms with Crippen LogP contribution in [0, 0.1) is 11.3 Å². The Labute approximate surface area is 251 Å². The average molecular weight is 592 g/mol. The van der Waals surface area contributed by atoms with Crippen molar-refractivity contribution in [2.75, 3.05) is 37.7 Å². The number of pyridine rings is 1. The summed E-state index contributed by atoms with van der Waals surface area (Å²) >= 11 is 1.36. The number of cyclic esters (lactones) is 1. The van der Waals surface area contributed by atoms with Crippen molar-refractivity contribution in [2.24, 2.45) is 11.3 Å². The zero-order valence-electron chi connectivity index (χ0n) is 24.8. The van der Waals surface area contributed by atoms with E-state index >= 15 is 0 Å². The fraction of sp³-hybridized carbons (Fsp3) is 0.562. The number of carbonyl (C=O) groups is 2. The Morgan fingerprint density at radius 3 is 2.60 bits per heavy atom. The predicted octanol–water partition coefficient (Wildman–Crippen LogP) is 5.12. The van der Waals surface area contributed by atoms with E-state index in [0.717, 1.165) is 85.5 Å². The van der Waals surface area contributed by atoms with Crippen molar-refractivity contribution in [1.29, 1.82) is 0 Å². The number of nitrogens with one attached hydrogen (secondary N) is 1. The van der Waals surface area contributed by atoms with E-state index in [-0.39, 0.29) is 29.6 Å². The number of piperidine rings is 1. The summed E-state index contributed by atoms with van der Waals surface area (Å²) < 4.78 is 5.09. The van der Waals surface area contributed by atoms with Crippen molar-refractivity contribution >= 4 is 39.4 Å². The number of thiazole rings is 1. The van der Waals surface area contributed by atoms with Gasteiger partial charge < -0.3 is 20.1 Å². The number of hydrogen-bond acceptors (Lipinski definition) is 8. The maximum atomic E-state index is 13.6. The van der Waals surface area contributed by atoms with Crippen LogP contribution in [-0.2, 0) is 17.6 Å². The van der Waals surface area contributed by atoms with Gasteiger partial charge in [0, 0.05) is 31.0 Å². The lowest BCUT2D eigenvalue weighted by Gasteiger charge is -2.34. The van der Waals surface area contributed by atoms with Crippen LogP contribution >= 0.6 is 11.3 Å². The molecule has 2 aliphatic heterocycles. The number of fused-ring (bicyclic) bond motifs is 2. The Hall–Kier alpha value is -3.08. The molecule has 0 spiro atoms. The van der Waals surface area contributed by atoms with Crippen molar-refractivity contribution in [2.45, 2.75) is 71.4 Å². The number of rotatable bonds is 7. The number of aromatic nitrogens is 2. The predicted molar refractivity (Wildman–Crippen MR) is 164 cm³/mol. The minimum absolute atomic E-state index is 0.199. The number of hydrogen-bond donors (Lipinski definition) is 2. The van der Waals surface area contributed by atoms with Gasteiger partial charge in [0.15, 0.2) is 5.01 Å². The standard InChI is InChI=1S/C32H41N5O4S/c1-32(2,3)22-6-9-25-21(18-22)19-27-29(34-25)42-30(35-27)28(39)33-26(12-15-36-13-10-24(38)11-14-36)20-4-7-23(8-5-20)37-16-17-41-31(37)40/h4-5,7-8,19,22,24,26,38H,6,9-18H2,1-3H3,(H,33,39)/t22-,26?/m0/s1. The molecule has 1 aromatic carbocycles. The van der Waals surface area contributed by atoms with Crippen molar-refractivity contribution in [3.63, 3.8) is 0 Å². The first-order valence-electron chi connectivity index (χ1n) is 15.2. The monoisotopic (exact) mass is 591 g/mol. The molecule has 10 heteroatoms. The van der Waals surface area contributed by atoms with E-state index < -0.39 is 0 Å². The fourth-order valence-corrected chi connectivity index (χ4v) is 7.20. The first-order valence-corrected chi connectivity index (χ1v) is 16.0. The summed E-state index contributed by atoms with van der Waals surface area (Å²) in [5, 5.41) is 13.6. The van der Waals surface area contributed by atoms with E-state index in [2.05, 4.69) is 37.1 Å². The topological polar surface area (TPSA) is 108 Å². The third-order valence-electron chi connectivity index (χ3n) is 9.13. The molecule has 0 bridgehead atoms. The number of likely N-dealkylation sites (tertiary alicyclic amines) is 1. The van der Waals surface area contributed by atoms with Crippen LogP contribution in [0.3, 0.4) is 0 Å². The number of ether oxygens (including phenoxy) is 1. The van der Waals surface area contributed by atoms with E-state index in [9.17, 15) is 14.7 Å². The molecule has 1 aliphatic carbocycles. The van der Waals surface area contributed by atoms with Crippen LogP contribution in [0.15, 0.2) is 30.3 Å². The third-order valence-corrected chi connectivity index (χ3v) is 10.1. The number of anilines is 1. The van der Waals surface area contributed by atoms with Crippen LogP contribution < -0.4 is 10.2 Å².